The second-order valence-electron chi connectivity index (χ2n) is 6.46. The first-order valence-electron chi connectivity index (χ1n) is 8.80. The fraction of sp³-hybridized carbons (Fsp3) is 0.238. The minimum Gasteiger partial charge on any atom is -0.370 e. The minimum absolute atomic E-state index is 0.0571. The molecule has 1 amide bonds. The van der Waals surface area contributed by atoms with E-state index in [-0.39, 0.29) is 12.0 Å². The van der Waals surface area contributed by atoms with Crippen molar-refractivity contribution in [3.63, 3.8) is 0 Å². The number of morpholine rings is 1. The van der Waals surface area contributed by atoms with Crippen molar-refractivity contribution in [2.45, 2.75) is 12.6 Å². The third kappa shape index (κ3) is 3.68. The Morgan fingerprint density at radius 2 is 2.04 bits per heavy atom. The van der Waals surface area contributed by atoms with E-state index >= 15 is 0 Å². The molecule has 3 aromatic rings. The van der Waals surface area contributed by atoms with Crippen LogP contribution in [0.5, 0.6) is 0 Å². The second-order valence-corrected chi connectivity index (χ2v) is 6.46. The Labute approximate surface area is 152 Å². The fourth-order valence-corrected chi connectivity index (χ4v) is 3.28. The number of aromatic nitrogens is 2. The van der Waals surface area contributed by atoms with Crippen LogP contribution in [0.2, 0.25) is 0 Å². The largest absolute Gasteiger partial charge is 0.370 e. The van der Waals surface area contributed by atoms with E-state index in [9.17, 15) is 4.79 Å². The van der Waals surface area contributed by atoms with Crippen LogP contribution in [0.15, 0.2) is 73.3 Å². The number of nitrogens with zero attached hydrogens (tertiary/aromatic N) is 3. The second kappa shape index (κ2) is 7.54. The summed E-state index contributed by atoms with van der Waals surface area (Å²) in [4.78, 5) is 18.9. The molecule has 1 fully saturated rings. The number of ether oxygens (including phenoxy) is 1. The summed E-state index contributed by atoms with van der Waals surface area (Å²) in [5.74, 6) is 0.0571. The van der Waals surface area contributed by atoms with E-state index in [1.807, 2.05) is 70.3 Å². The molecule has 1 atom stereocenters. The molecule has 5 heteroatoms. The van der Waals surface area contributed by atoms with Gasteiger partial charge >= 0.3 is 0 Å². The van der Waals surface area contributed by atoms with Crippen LogP contribution in [-0.2, 0) is 11.3 Å². The van der Waals surface area contributed by atoms with Gasteiger partial charge in [-0.05, 0) is 23.3 Å². The van der Waals surface area contributed by atoms with E-state index in [0.717, 1.165) is 16.7 Å². The molecule has 26 heavy (non-hydrogen) atoms. The highest BCUT2D eigenvalue weighted by Gasteiger charge is 2.26. The fourth-order valence-electron chi connectivity index (χ4n) is 3.28. The topological polar surface area (TPSA) is 47.4 Å². The lowest BCUT2D eigenvalue weighted by atomic mass is 10.1. The molecule has 5 nitrogen and oxygen atoms in total. The van der Waals surface area contributed by atoms with Crippen molar-refractivity contribution < 1.29 is 9.53 Å². The molecular weight excluding hydrogens is 326 g/mol. The first-order valence-corrected chi connectivity index (χ1v) is 8.80. The Kier molecular flexibility index (Phi) is 4.80. The van der Waals surface area contributed by atoms with Crippen LogP contribution in [0.3, 0.4) is 0 Å². The Balaban J connectivity index is 1.48. The molecule has 0 saturated carbocycles. The van der Waals surface area contributed by atoms with Crippen LogP contribution in [0.25, 0.3) is 0 Å². The molecule has 0 radical (unpaired) electrons. The average molecular weight is 347 g/mol. The van der Waals surface area contributed by atoms with Crippen LogP contribution in [0.4, 0.5) is 0 Å². The van der Waals surface area contributed by atoms with Crippen molar-refractivity contribution in [3.05, 3.63) is 90.0 Å². The number of hydrogen-bond donors (Lipinski definition) is 0. The predicted molar refractivity (Wildman–Crippen MR) is 98.8 cm³/mol. The van der Waals surface area contributed by atoms with Crippen molar-refractivity contribution in [2.24, 2.45) is 0 Å². The van der Waals surface area contributed by atoms with Gasteiger partial charge in [0.05, 0.1) is 19.5 Å². The molecule has 0 N–H and O–H groups in total. The zero-order valence-electron chi connectivity index (χ0n) is 14.5. The highest BCUT2D eigenvalue weighted by atomic mass is 16.5. The maximum absolute atomic E-state index is 13.0. The summed E-state index contributed by atoms with van der Waals surface area (Å²) < 4.78 is 7.86. The summed E-state index contributed by atoms with van der Waals surface area (Å²) in [6.07, 6.45) is 5.39. The number of carbonyl (C=O) groups is 1. The summed E-state index contributed by atoms with van der Waals surface area (Å²) >= 11 is 0. The van der Waals surface area contributed by atoms with Gasteiger partial charge in [-0.2, -0.15) is 0 Å². The molecule has 1 unspecified atom stereocenters. The van der Waals surface area contributed by atoms with Crippen LogP contribution in [0, 0.1) is 0 Å². The van der Waals surface area contributed by atoms with Crippen molar-refractivity contribution >= 4 is 5.91 Å². The maximum atomic E-state index is 13.0. The monoisotopic (exact) mass is 347 g/mol. The zero-order valence-corrected chi connectivity index (χ0v) is 14.5. The highest BCUT2D eigenvalue weighted by molar-refractivity contribution is 5.94. The van der Waals surface area contributed by atoms with Crippen molar-refractivity contribution in [1.29, 1.82) is 0 Å². The minimum atomic E-state index is -0.0666. The van der Waals surface area contributed by atoms with Gasteiger partial charge in [-0.25, -0.2) is 4.98 Å². The van der Waals surface area contributed by atoms with Crippen LogP contribution >= 0.6 is 0 Å². The summed E-state index contributed by atoms with van der Waals surface area (Å²) in [5, 5.41) is 0. The molecule has 132 valence electrons. The molecule has 1 aliphatic rings. The normalized spacial score (nSPS) is 17.2. The van der Waals surface area contributed by atoms with Gasteiger partial charge in [0, 0.05) is 31.0 Å². The molecule has 0 aliphatic carbocycles. The van der Waals surface area contributed by atoms with Gasteiger partial charge in [0.25, 0.3) is 5.91 Å². The van der Waals surface area contributed by atoms with E-state index < -0.39 is 0 Å². The molecule has 2 heterocycles. The van der Waals surface area contributed by atoms with Crippen molar-refractivity contribution in [2.75, 3.05) is 19.7 Å². The van der Waals surface area contributed by atoms with Crippen LogP contribution < -0.4 is 0 Å². The highest BCUT2D eigenvalue weighted by Crippen LogP contribution is 2.23. The molecule has 2 aromatic carbocycles. The zero-order chi connectivity index (χ0) is 17.8. The summed E-state index contributed by atoms with van der Waals surface area (Å²) in [6, 6.07) is 17.9. The van der Waals surface area contributed by atoms with Gasteiger partial charge in [0.1, 0.15) is 6.10 Å². The SMILES string of the molecule is O=C(c1cccc(Cn2ccnc2)c1)N1CCOC(c2ccccc2)C1. The Bertz CT molecular complexity index is 862. The van der Waals surface area contributed by atoms with Crippen molar-refractivity contribution in [1.82, 2.24) is 14.5 Å². The lowest BCUT2D eigenvalue weighted by Gasteiger charge is -2.33. The molecule has 1 saturated heterocycles. The Morgan fingerprint density at radius 1 is 1.15 bits per heavy atom. The first-order chi connectivity index (χ1) is 12.8. The Morgan fingerprint density at radius 3 is 2.85 bits per heavy atom. The smallest absolute Gasteiger partial charge is 0.254 e. The number of imidazole rings is 1. The quantitative estimate of drug-likeness (QED) is 0.728. The first kappa shape index (κ1) is 16.5. The van der Waals surface area contributed by atoms with Crippen molar-refractivity contribution in [3.8, 4) is 0 Å². The lowest BCUT2D eigenvalue weighted by molar-refractivity contribution is -0.0228. The number of benzene rings is 2. The molecule has 4 rings (SSSR count). The third-order valence-electron chi connectivity index (χ3n) is 4.62. The number of rotatable bonds is 4. The summed E-state index contributed by atoms with van der Waals surface area (Å²) in [7, 11) is 0. The van der Waals surface area contributed by atoms with Gasteiger partial charge in [0.15, 0.2) is 0 Å². The molecule has 0 bridgehead atoms. The predicted octanol–water partition coefficient (Wildman–Crippen LogP) is 3.15. The van der Waals surface area contributed by atoms with Gasteiger partial charge < -0.3 is 14.2 Å². The van der Waals surface area contributed by atoms with Gasteiger partial charge in [-0.1, -0.05) is 42.5 Å². The van der Waals surface area contributed by atoms with E-state index in [1.165, 1.54) is 0 Å². The molecular formula is C21H21N3O2. The molecule has 1 aliphatic heterocycles. The van der Waals surface area contributed by atoms with Crippen LogP contribution in [0.1, 0.15) is 27.6 Å². The number of hydrogen-bond acceptors (Lipinski definition) is 3. The maximum Gasteiger partial charge on any atom is 0.254 e. The Hall–Kier alpha value is -2.92. The van der Waals surface area contributed by atoms with E-state index in [1.54, 1.807) is 12.5 Å². The molecule has 1 aromatic heterocycles. The van der Waals surface area contributed by atoms with E-state index in [4.69, 9.17) is 4.74 Å². The van der Waals surface area contributed by atoms with Crippen LogP contribution in [-0.4, -0.2) is 40.1 Å². The van der Waals surface area contributed by atoms with E-state index in [2.05, 4.69) is 4.98 Å². The third-order valence-corrected chi connectivity index (χ3v) is 4.62. The molecule has 0 spiro atoms. The summed E-state index contributed by atoms with van der Waals surface area (Å²) in [5.41, 5.74) is 2.91. The van der Waals surface area contributed by atoms with Gasteiger partial charge in [-0.15, -0.1) is 0 Å². The number of carbonyl (C=O) groups excluding carboxylic acids is 1. The lowest BCUT2D eigenvalue weighted by Crippen LogP contribution is -2.42. The summed E-state index contributed by atoms with van der Waals surface area (Å²) in [6.45, 7) is 2.46. The van der Waals surface area contributed by atoms with Gasteiger partial charge in [-0.3, -0.25) is 4.79 Å². The van der Waals surface area contributed by atoms with E-state index in [0.29, 0.717) is 26.2 Å². The van der Waals surface area contributed by atoms with Gasteiger partial charge in [0.2, 0.25) is 0 Å². The number of amides is 1. The average Bonchev–Trinajstić information content (AvgIpc) is 3.21. The standard InChI is InChI=1S/C21H21N3O2/c25-21(19-8-4-5-17(13-19)14-23-10-9-22-16-23)24-11-12-26-20(15-24)18-6-2-1-3-7-18/h1-10,13,16,20H,11-12,14-15H2.